The predicted molar refractivity (Wildman–Crippen MR) is 96.6 cm³/mol. The van der Waals surface area contributed by atoms with Crippen molar-refractivity contribution in [1.29, 1.82) is 0 Å². The maximum atomic E-state index is 12.8. The zero-order chi connectivity index (χ0) is 21.4. The number of nitrogens with zero attached hydrogens (tertiary/aromatic N) is 1. The Labute approximate surface area is 165 Å². The number of fused-ring (bicyclic) bond motifs is 1. The van der Waals surface area contributed by atoms with Gasteiger partial charge in [0, 0.05) is 0 Å². The van der Waals surface area contributed by atoms with Gasteiger partial charge < -0.3 is 4.18 Å². The summed E-state index contributed by atoms with van der Waals surface area (Å²) in [5.74, 6) is -1.59. The van der Waals surface area contributed by atoms with Crippen molar-refractivity contribution in [2.24, 2.45) is 0 Å². The molecule has 1 aliphatic rings. The van der Waals surface area contributed by atoms with Gasteiger partial charge in [-0.15, -0.1) is 0 Å². The molecule has 1 heterocycles. The van der Waals surface area contributed by atoms with Gasteiger partial charge in [-0.3, -0.25) is 14.5 Å². The van der Waals surface area contributed by atoms with Crippen molar-refractivity contribution < 1.29 is 35.4 Å². The zero-order valence-electron chi connectivity index (χ0n) is 15.1. The Balaban J connectivity index is 1.97. The summed E-state index contributed by atoms with van der Waals surface area (Å²) in [7, 11) is -5.84. The quantitative estimate of drug-likeness (QED) is 0.395. The van der Waals surface area contributed by atoms with Crippen LogP contribution >= 0.6 is 0 Å². The molecule has 1 aliphatic heterocycles. The number of alkyl halides is 3. The smallest absolute Gasteiger partial charge is 0.376 e. The Morgan fingerprint density at radius 3 is 2.10 bits per heavy atom. The topological polar surface area (TPSA) is 80.8 Å². The SMILES string of the molecule is CCCC(c1cccc(OS(=O)(=O)C(F)(F)F)c1)N1C(=O)c2ccccc2C1=O. The third kappa shape index (κ3) is 3.84. The van der Waals surface area contributed by atoms with Gasteiger partial charge in [0.05, 0.1) is 17.2 Å². The number of carbonyl (C=O) groups excluding carboxylic acids is 2. The molecule has 29 heavy (non-hydrogen) atoms. The van der Waals surface area contributed by atoms with Crippen LogP contribution in [0.25, 0.3) is 0 Å². The van der Waals surface area contributed by atoms with Crippen molar-refractivity contribution in [1.82, 2.24) is 4.90 Å². The third-order valence-corrected chi connectivity index (χ3v) is 5.41. The Hall–Kier alpha value is -2.88. The summed E-state index contributed by atoms with van der Waals surface area (Å²) in [5.41, 5.74) is -4.80. The average Bonchev–Trinajstić information content (AvgIpc) is 2.90. The molecule has 1 atom stereocenters. The highest BCUT2D eigenvalue weighted by molar-refractivity contribution is 7.88. The Morgan fingerprint density at radius 1 is 1.00 bits per heavy atom. The van der Waals surface area contributed by atoms with Crippen LogP contribution in [0, 0.1) is 0 Å². The molecule has 2 amide bonds. The van der Waals surface area contributed by atoms with Crippen LogP contribution in [-0.4, -0.2) is 30.6 Å². The Kier molecular flexibility index (Phi) is 5.40. The van der Waals surface area contributed by atoms with Gasteiger partial charge in [0.1, 0.15) is 5.75 Å². The van der Waals surface area contributed by atoms with Gasteiger partial charge in [0.15, 0.2) is 0 Å². The van der Waals surface area contributed by atoms with Crippen molar-refractivity contribution in [2.45, 2.75) is 31.3 Å². The van der Waals surface area contributed by atoms with Crippen LogP contribution in [0.5, 0.6) is 5.75 Å². The normalized spacial score (nSPS) is 15.4. The average molecular weight is 427 g/mol. The third-order valence-electron chi connectivity index (χ3n) is 4.43. The molecule has 0 radical (unpaired) electrons. The van der Waals surface area contributed by atoms with Gasteiger partial charge in [0.25, 0.3) is 11.8 Å². The van der Waals surface area contributed by atoms with E-state index in [-0.39, 0.29) is 16.7 Å². The van der Waals surface area contributed by atoms with Crippen molar-refractivity contribution in [3.63, 3.8) is 0 Å². The van der Waals surface area contributed by atoms with E-state index in [1.165, 1.54) is 24.3 Å². The molecule has 0 bridgehead atoms. The summed E-state index contributed by atoms with van der Waals surface area (Å²) < 4.78 is 64.5. The first kappa shape index (κ1) is 20.8. The molecule has 0 saturated carbocycles. The molecule has 2 aromatic rings. The minimum Gasteiger partial charge on any atom is -0.376 e. The second kappa shape index (κ2) is 7.51. The lowest BCUT2D eigenvalue weighted by Gasteiger charge is -2.26. The van der Waals surface area contributed by atoms with Crippen molar-refractivity contribution in [3.05, 3.63) is 65.2 Å². The summed E-state index contributed by atoms with van der Waals surface area (Å²) in [6.45, 7) is 1.82. The van der Waals surface area contributed by atoms with Crippen LogP contribution < -0.4 is 4.18 Å². The van der Waals surface area contributed by atoms with Crippen molar-refractivity contribution in [2.75, 3.05) is 0 Å². The molecule has 0 saturated heterocycles. The van der Waals surface area contributed by atoms with Crippen LogP contribution in [-0.2, 0) is 10.1 Å². The van der Waals surface area contributed by atoms with Crippen molar-refractivity contribution in [3.8, 4) is 5.75 Å². The minimum atomic E-state index is -5.84. The van der Waals surface area contributed by atoms with Gasteiger partial charge in [-0.2, -0.15) is 21.6 Å². The standard InChI is InChI=1S/C19H16F3NO5S/c1-2-6-16(23-17(24)14-9-3-4-10-15(14)18(23)25)12-7-5-8-13(11-12)28-29(26,27)19(20,21)22/h3-5,7-11,16H,2,6H2,1H3. The van der Waals surface area contributed by atoms with Crippen LogP contribution in [0.4, 0.5) is 13.2 Å². The fourth-order valence-corrected chi connectivity index (χ4v) is 3.61. The van der Waals surface area contributed by atoms with Crippen LogP contribution in [0.3, 0.4) is 0 Å². The van der Waals surface area contributed by atoms with Gasteiger partial charge in [-0.05, 0) is 36.2 Å². The minimum absolute atomic E-state index is 0.241. The highest BCUT2D eigenvalue weighted by Crippen LogP contribution is 2.36. The fraction of sp³-hybridized carbons (Fsp3) is 0.263. The molecule has 0 aromatic heterocycles. The lowest BCUT2D eigenvalue weighted by molar-refractivity contribution is -0.0500. The van der Waals surface area contributed by atoms with Crippen LogP contribution in [0.2, 0.25) is 0 Å². The fourth-order valence-electron chi connectivity index (χ4n) is 3.16. The number of benzene rings is 2. The lowest BCUT2D eigenvalue weighted by atomic mass is 10.0. The van der Waals surface area contributed by atoms with E-state index in [9.17, 15) is 31.2 Å². The second-order valence-corrected chi connectivity index (χ2v) is 7.92. The lowest BCUT2D eigenvalue weighted by Crippen LogP contribution is -2.34. The second-order valence-electron chi connectivity index (χ2n) is 6.39. The maximum absolute atomic E-state index is 12.8. The van der Waals surface area contributed by atoms with E-state index in [2.05, 4.69) is 4.18 Å². The zero-order valence-corrected chi connectivity index (χ0v) is 16.0. The number of halogens is 3. The first-order chi connectivity index (χ1) is 13.6. The summed E-state index contributed by atoms with van der Waals surface area (Å²) >= 11 is 0. The first-order valence-corrected chi connectivity index (χ1v) is 10.0. The number of amides is 2. The molecule has 6 nitrogen and oxygen atoms in total. The molecule has 0 aliphatic carbocycles. The van der Waals surface area contributed by atoms with E-state index in [0.717, 1.165) is 17.0 Å². The summed E-state index contributed by atoms with van der Waals surface area (Å²) in [5, 5.41) is 0. The number of hydrogen-bond donors (Lipinski definition) is 0. The van der Waals surface area contributed by atoms with E-state index in [4.69, 9.17) is 0 Å². The molecule has 1 unspecified atom stereocenters. The van der Waals surface area contributed by atoms with Crippen LogP contribution in [0.1, 0.15) is 52.1 Å². The molecule has 154 valence electrons. The summed E-state index contributed by atoms with van der Waals surface area (Å²) in [6, 6.07) is 10.4. The molecule has 0 N–H and O–H groups in total. The van der Waals surface area contributed by atoms with E-state index in [0.29, 0.717) is 12.8 Å². The first-order valence-electron chi connectivity index (χ1n) is 8.64. The van der Waals surface area contributed by atoms with Crippen molar-refractivity contribution >= 4 is 21.9 Å². The molecule has 0 fully saturated rings. The van der Waals surface area contributed by atoms with E-state index in [1.807, 2.05) is 6.92 Å². The molecule has 3 rings (SSSR count). The Bertz CT molecular complexity index is 1030. The summed E-state index contributed by atoms with van der Waals surface area (Å²) in [4.78, 5) is 26.6. The largest absolute Gasteiger partial charge is 0.534 e. The number of hydrogen-bond acceptors (Lipinski definition) is 5. The Morgan fingerprint density at radius 2 is 1.59 bits per heavy atom. The van der Waals surface area contributed by atoms with E-state index >= 15 is 0 Å². The van der Waals surface area contributed by atoms with E-state index < -0.39 is 39.2 Å². The number of rotatable bonds is 6. The highest BCUT2D eigenvalue weighted by atomic mass is 32.2. The van der Waals surface area contributed by atoms with Crippen LogP contribution in [0.15, 0.2) is 48.5 Å². The molecule has 10 heteroatoms. The highest BCUT2D eigenvalue weighted by Gasteiger charge is 2.48. The van der Waals surface area contributed by atoms with Gasteiger partial charge in [-0.1, -0.05) is 37.6 Å². The van der Waals surface area contributed by atoms with Gasteiger partial charge >= 0.3 is 15.6 Å². The maximum Gasteiger partial charge on any atom is 0.534 e. The van der Waals surface area contributed by atoms with E-state index in [1.54, 1.807) is 12.1 Å². The molecule has 2 aromatic carbocycles. The monoisotopic (exact) mass is 427 g/mol. The number of imide groups is 1. The predicted octanol–water partition coefficient (Wildman–Crippen LogP) is 4.05. The number of carbonyl (C=O) groups is 2. The van der Waals surface area contributed by atoms with Gasteiger partial charge in [0.2, 0.25) is 0 Å². The molecule has 0 spiro atoms. The summed E-state index contributed by atoms with van der Waals surface area (Å²) in [6.07, 6.45) is 0.894. The van der Waals surface area contributed by atoms with Gasteiger partial charge in [-0.25, -0.2) is 0 Å². The molecular formula is C19H16F3NO5S. The molecular weight excluding hydrogens is 411 g/mol.